The van der Waals surface area contributed by atoms with Gasteiger partial charge < -0.3 is 4.74 Å². The summed E-state index contributed by atoms with van der Waals surface area (Å²) in [7, 11) is 0. The van der Waals surface area contributed by atoms with Gasteiger partial charge >= 0.3 is 0 Å². The van der Waals surface area contributed by atoms with Gasteiger partial charge in [-0.05, 0) is 55.2 Å². The lowest BCUT2D eigenvalue weighted by Crippen LogP contribution is -2.28. The van der Waals surface area contributed by atoms with Crippen molar-refractivity contribution in [3.63, 3.8) is 0 Å². The van der Waals surface area contributed by atoms with E-state index >= 15 is 0 Å². The first-order chi connectivity index (χ1) is 9.83. The van der Waals surface area contributed by atoms with E-state index in [0.29, 0.717) is 6.61 Å². The van der Waals surface area contributed by atoms with Gasteiger partial charge in [0.2, 0.25) is 0 Å². The van der Waals surface area contributed by atoms with Gasteiger partial charge in [-0.3, -0.25) is 16.3 Å². The fourth-order valence-electron chi connectivity index (χ4n) is 2.19. The normalized spacial score (nSPS) is 12.1. The van der Waals surface area contributed by atoms with Crippen LogP contribution in [0, 0.1) is 0 Å². The average molecular weight is 271 g/mol. The first-order valence-corrected chi connectivity index (χ1v) is 6.91. The van der Waals surface area contributed by atoms with Crippen LogP contribution in [0.25, 0.3) is 0 Å². The summed E-state index contributed by atoms with van der Waals surface area (Å²) in [6.45, 7) is 2.65. The second-order valence-corrected chi connectivity index (χ2v) is 4.62. The number of hydrogen-bond acceptors (Lipinski definition) is 4. The second kappa shape index (κ2) is 7.62. The minimum atomic E-state index is 0.114. The van der Waals surface area contributed by atoms with Crippen molar-refractivity contribution in [2.45, 2.75) is 25.8 Å². The number of ether oxygens (including phenoxy) is 1. The van der Waals surface area contributed by atoms with Crippen molar-refractivity contribution in [3.8, 4) is 5.75 Å². The summed E-state index contributed by atoms with van der Waals surface area (Å²) in [5.41, 5.74) is 5.30. The van der Waals surface area contributed by atoms with Gasteiger partial charge in [0.1, 0.15) is 5.75 Å². The molecule has 0 aliphatic rings. The van der Waals surface area contributed by atoms with Gasteiger partial charge in [-0.15, -0.1) is 0 Å². The molecule has 1 heterocycles. The molecule has 20 heavy (non-hydrogen) atoms. The van der Waals surface area contributed by atoms with Crippen LogP contribution in [0.1, 0.15) is 30.5 Å². The maximum absolute atomic E-state index is 5.69. The first-order valence-electron chi connectivity index (χ1n) is 6.91. The van der Waals surface area contributed by atoms with E-state index in [1.165, 1.54) is 5.56 Å². The number of benzene rings is 1. The van der Waals surface area contributed by atoms with Crippen molar-refractivity contribution < 1.29 is 4.74 Å². The van der Waals surface area contributed by atoms with E-state index in [-0.39, 0.29) is 6.04 Å². The molecule has 0 radical (unpaired) electrons. The molecule has 0 saturated heterocycles. The van der Waals surface area contributed by atoms with Crippen molar-refractivity contribution >= 4 is 0 Å². The van der Waals surface area contributed by atoms with E-state index in [2.05, 4.69) is 16.5 Å². The lowest BCUT2D eigenvalue weighted by molar-refractivity contribution is 0.339. The largest absolute Gasteiger partial charge is 0.494 e. The van der Waals surface area contributed by atoms with Crippen LogP contribution in [0.15, 0.2) is 48.8 Å². The predicted molar refractivity (Wildman–Crippen MR) is 80.2 cm³/mol. The number of nitrogens with one attached hydrogen (secondary N) is 1. The first kappa shape index (κ1) is 14.5. The average Bonchev–Trinajstić information content (AvgIpc) is 2.50. The van der Waals surface area contributed by atoms with Crippen LogP contribution >= 0.6 is 0 Å². The maximum atomic E-state index is 5.69. The van der Waals surface area contributed by atoms with Gasteiger partial charge in [0.05, 0.1) is 6.61 Å². The summed E-state index contributed by atoms with van der Waals surface area (Å²) in [6, 6.07) is 12.2. The van der Waals surface area contributed by atoms with Gasteiger partial charge in [0, 0.05) is 18.4 Å². The number of nitrogens with two attached hydrogens (primary N) is 1. The number of nitrogens with zero attached hydrogens (tertiary/aromatic N) is 1. The summed E-state index contributed by atoms with van der Waals surface area (Å²) in [6.07, 6.45) is 5.51. The Kier molecular flexibility index (Phi) is 5.53. The van der Waals surface area contributed by atoms with E-state index in [0.717, 1.165) is 24.2 Å². The molecule has 4 heteroatoms. The molecule has 0 saturated carbocycles. The zero-order valence-electron chi connectivity index (χ0n) is 11.8. The summed E-state index contributed by atoms with van der Waals surface area (Å²) >= 11 is 0. The molecule has 0 spiro atoms. The van der Waals surface area contributed by atoms with E-state index in [1.807, 2.05) is 49.6 Å². The van der Waals surface area contributed by atoms with Crippen LogP contribution in [-0.2, 0) is 6.42 Å². The fourth-order valence-corrected chi connectivity index (χ4v) is 2.19. The molecule has 4 nitrogen and oxygen atoms in total. The summed E-state index contributed by atoms with van der Waals surface area (Å²) < 4.78 is 5.53. The Morgan fingerprint density at radius 3 is 2.75 bits per heavy atom. The van der Waals surface area contributed by atoms with E-state index in [1.54, 1.807) is 0 Å². The van der Waals surface area contributed by atoms with Crippen LogP contribution in [0.4, 0.5) is 0 Å². The smallest absolute Gasteiger partial charge is 0.119 e. The molecule has 0 bridgehead atoms. The van der Waals surface area contributed by atoms with Gasteiger partial charge in [-0.1, -0.05) is 12.1 Å². The minimum Gasteiger partial charge on any atom is -0.494 e. The van der Waals surface area contributed by atoms with Crippen LogP contribution in [0.2, 0.25) is 0 Å². The lowest BCUT2D eigenvalue weighted by Gasteiger charge is -2.17. The molecule has 0 aliphatic carbocycles. The summed E-state index contributed by atoms with van der Waals surface area (Å²) in [5.74, 6) is 6.57. The third-order valence-electron chi connectivity index (χ3n) is 3.24. The van der Waals surface area contributed by atoms with E-state index in [4.69, 9.17) is 10.6 Å². The molecule has 1 unspecified atom stereocenters. The monoisotopic (exact) mass is 271 g/mol. The van der Waals surface area contributed by atoms with Gasteiger partial charge in [0.15, 0.2) is 0 Å². The Morgan fingerprint density at radius 1 is 1.25 bits per heavy atom. The van der Waals surface area contributed by atoms with Crippen LogP contribution in [-0.4, -0.2) is 11.6 Å². The number of aromatic nitrogens is 1. The van der Waals surface area contributed by atoms with Crippen molar-refractivity contribution in [1.82, 2.24) is 10.4 Å². The quantitative estimate of drug-likeness (QED) is 0.600. The molecule has 1 aromatic carbocycles. The molecule has 2 rings (SSSR count). The second-order valence-electron chi connectivity index (χ2n) is 4.62. The molecule has 0 fully saturated rings. The molecular formula is C16H21N3O. The van der Waals surface area contributed by atoms with Gasteiger partial charge in [-0.25, -0.2) is 0 Å². The highest BCUT2D eigenvalue weighted by atomic mass is 16.5. The lowest BCUT2D eigenvalue weighted by atomic mass is 10.00. The van der Waals surface area contributed by atoms with Crippen molar-refractivity contribution in [1.29, 1.82) is 0 Å². The summed E-state index contributed by atoms with van der Waals surface area (Å²) in [5, 5.41) is 0. The Hall–Kier alpha value is -1.91. The topological polar surface area (TPSA) is 60.2 Å². The molecule has 0 aliphatic heterocycles. The third kappa shape index (κ3) is 4.05. The van der Waals surface area contributed by atoms with E-state index < -0.39 is 0 Å². The Balaban J connectivity index is 2.02. The molecule has 2 aromatic rings. The number of pyridine rings is 1. The van der Waals surface area contributed by atoms with Crippen LogP contribution in [0.3, 0.4) is 0 Å². The molecule has 106 valence electrons. The predicted octanol–water partition coefficient (Wildman–Crippen LogP) is 2.62. The van der Waals surface area contributed by atoms with Gasteiger partial charge in [0.25, 0.3) is 0 Å². The number of rotatable bonds is 7. The van der Waals surface area contributed by atoms with Gasteiger partial charge in [-0.2, -0.15) is 0 Å². The Bertz CT molecular complexity index is 516. The van der Waals surface area contributed by atoms with E-state index in [9.17, 15) is 0 Å². The third-order valence-corrected chi connectivity index (χ3v) is 3.24. The molecule has 0 amide bonds. The fraction of sp³-hybridized carbons (Fsp3) is 0.312. The molecular weight excluding hydrogens is 250 g/mol. The zero-order chi connectivity index (χ0) is 14.2. The number of hydrazine groups is 1. The number of aryl methyl sites for hydroxylation is 1. The highest BCUT2D eigenvalue weighted by Crippen LogP contribution is 2.22. The zero-order valence-corrected chi connectivity index (χ0v) is 11.8. The molecule has 1 atom stereocenters. The SMILES string of the molecule is CCOc1cccc(C(CCc2ccncc2)NN)c1. The summed E-state index contributed by atoms with van der Waals surface area (Å²) in [4.78, 5) is 4.03. The highest BCUT2D eigenvalue weighted by molar-refractivity contribution is 5.30. The van der Waals surface area contributed by atoms with Crippen LogP contribution in [0.5, 0.6) is 5.75 Å². The number of hydrogen-bond donors (Lipinski definition) is 2. The van der Waals surface area contributed by atoms with Crippen molar-refractivity contribution in [3.05, 3.63) is 59.9 Å². The van der Waals surface area contributed by atoms with Crippen LogP contribution < -0.4 is 16.0 Å². The van der Waals surface area contributed by atoms with Crippen molar-refractivity contribution in [2.75, 3.05) is 6.61 Å². The Labute approximate surface area is 120 Å². The van der Waals surface area contributed by atoms with Crippen molar-refractivity contribution in [2.24, 2.45) is 5.84 Å². The molecule has 3 N–H and O–H groups in total. The standard InChI is InChI=1S/C16H21N3O/c1-2-20-15-5-3-4-14(12-15)16(19-17)7-6-13-8-10-18-11-9-13/h3-5,8-12,16,19H,2,6-7,17H2,1H3. The molecule has 1 aromatic heterocycles. The Morgan fingerprint density at radius 2 is 2.05 bits per heavy atom. The highest BCUT2D eigenvalue weighted by Gasteiger charge is 2.10. The maximum Gasteiger partial charge on any atom is 0.119 e. The minimum absolute atomic E-state index is 0.114.